The molecule has 0 unspecified atom stereocenters. The third kappa shape index (κ3) is 3.18. The van der Waals surface area contributed by atoms with E-state index in [-0.39, 0.29) is 0 Å². The highest BCUT2D eigenvalue weighted by Gasteiger charge is 2.39. The SMILES string of the molecule is COc1ccccc1CN1C[C@@H]2c3ccccc3Oc3ccc(I)cc3[C@H]2C1. The van der Waals surface area contributed by atoms with Gasteiger partial charge < -0.3 is 9.47 Å². The summed E-state index contributed by atoms with van der Waals surface area (Å²) < 4.78 is 13.2. The number of hydrogen-bond acceptors (Lipinski definition) is 3. The summed E-state index contributed by atoms with van der Waals surface area (Å²) in [6, 6.07) is 23.4. The Bertz CT molecular complexity index is 1020. The molecule has 142 valence electrons. The van der Waals surface area contributed by atoms with Crippen molar-refractivity contribution < 1.29 is 9.47 Å². The number of methoxy groups -OCH3 is 1. The predicted octanol–water partition coefficient (Wildman–Crippen LogP) is 5.79. The van der Waals surface area contributed by atoms with E-state index in [9.17, 15) is 0 Å². The standard InChI is InChI=1S/C24H22INO2/c1-27-22-8-4-2-6-16(22)13-26-14-20-18-7-3-5-9-23(18)28-24-11-10-17(25)12-19(24)21(20)15-26/h2-12,20-21H,13-15H2,1H3/t20-,21-/m1/s1. The predicted molar refractivity (Wildman–Crippen MR) is 119 cm³/mol. The lowest BCUT2D eigenvalue weighted by Gasteiger charge is -2.19. The maximum absolute atomic E-state index is 6.34. The smallest absolute Gasteiger partial charge is 0.131 e. The van der Waals surface area contributed by atoms with Gasteiger partial charge in [0.25, 0.3) is 0 Å². The molecule has 0 spiro atoms. The molecule has 0 saturated carbocycles. The van der Waals surface area contributed by atoms with Gasteiger partial charge in [0.15, 0.2) is 0 Å². The van der Waals surface area contributed by atoms with Crippen LogP contribution in [0, 0.1) is 3.57 Å². The van der Waals surface area contributed by atoms with Crippen molar-refractivity contribution in [2.24, 2.45) is 0 Å². The van der Waals surface area contributed by atoms with Crippen LogP contribution in [0.4, 0.5) is 0 Å². The van der Waals surface area contributed by atoms with E-state index in [0.717, 1.165) is 36.9 Å². The van der Waals surface area contributed by atoms with Crippen molar-refractivity contribution in [3.63, 3.8) is 0 Å². The van der Waals surface area contributed by atoms with Crippen molar-refractivity contribution in [3.8, 4) is 17.2 Å². The molecule has 28 heavy (non-hydrogen) atoms. The van der Waals surface area contributed by atoms with Crippen molar-refractivity contribution in [1.29, 1.82) is 0 Å². The summed E-state index contributed by atoms with van der Waals surface area (Å²) in [5.41, 5.74) is 3.89. The van der Waals surface area contributed by atoms with Crippen LogP contribution in [-0.4, -0.2) is 25.1 Å². The lowest BCUT2D eigenvalue weighted by atomic mass is 9.84. The minimum absolute atomic E-state index is 0.433. The van der Waals surface area contributed by atoms with E-state index in [2.05, 4.69) is 82.1 Å². The molecule has 3 nitrogen and oxygen atoms in total. The Hall–Kier alpha value is -2.05. The van der Waals surface area contributed by atoms with Gasteiger partial charge in [-0.1, -0.05) is 36.4 Å². The van der Waals surface area contributed by atoms with E-state index >= 15 is 0 Å². The highest BCUT2D eigenvalue weighted by atomic mass is 127. The number of hydrogen-bond donors (Lipinski definition) is 0. The molecule has 0 aromatic heterocycles. The van der Waals surface area contributed by atoms with Crippen LogP contribution in [0.2, 0.25) is 0 Å². The van der Waals surface area contributed by atoms with Crippen LogP contribution in [0.25, 0.3) is 0 Å². The molecule has 1 saturated heterocycles. The number of rotatable bonds is 3. The first-order valence-corrected chi connectivity index (χ1v) is 10.7. The van der Waals surface area contributed by atoms with Gasteiger partial charge in [0.05, 0.1) is 7.11 Å². The molecule has 0 amide bonds. The van der Waals surface area contributed by atoms with Crippen molar-refractivity contribution in [2.75, 3.05) is 20.2 Å². The molecular weight excluding hydrogens is 461 g/mol. The third-order valence-corrected chi connectivity index (χ3v) is 6.56. The van der Waals surface area contributed by atoms with Gasteiger partial charge in [-0.15, -0.1) is 0 Å². The zero-order chi connectivity index (χ0) is 19.1. The molecule has 2 atom stereocenters. The Kier molecular flexibility index (Phi) is 4.77. The second-order valence-corrected chi connectivity index (χ2v) is 8.79. The van der Waals surface area contributed by atoms with Crippen LogP contribution in [0.5, 0.6) is 17.2 Å². The minimum atomic E-state index is 0.433. The highest BCUT2D eigenvalue weighted by molar-refractivity contribution is 14.1. The molecule has 5 rings (SSSR count). The largest absolute Gasteiger partial charge is 0.496 e. The number of benzene rings is 3. The van der Waals surface area contributed by atoms with Gasteiger partial charge in [-0.25, -0.2) is 0 Å². The summed E-state index contributed by atoms with van der Waals surface area (Å²) in [5.74, 6) is 3.83. The molecule has 4 heteroatoms. The van der Waals surface area contributed by atoms with Crippen LogP contribution in [0.1, 0.15) is 28.5 Å². The summed E-state index contributed by atoms with van der Waals surface area (Å²) in [6.07, 6.45) is 0. The van der Waals surface area contributed by atoms with Gasteiger partial charge in [-0.3, -0.25) is 4.90 Å². The Balaban J connectivity index is 1.53. The average Bonchev–Trinajstić information content (AvgIpc) is 3.08. The molecule has 2 aliphatic heterocycles. The topological polar surface area (TPSA) is 21.7 Å². The van der Waals surface area contributed by atoms with Gasteiger partial charge in [0.1, 0.15) is 17.2 Å². The number of ether oxygens (including phenoxy) is 2. The summed E-state index contributed by atoms with van der Waals surface area (Å²) in [7, 11) is 1.75. The highest BCUT2D eigenvalue weighted by Crippen LogP contribution is 2.50. The van der Waals surface area contributed by atoms with Gasteiger partial charge >= 0.3 is 0 Å². The lowest BCUT2D eigenvalue weighted by Crippen LogP contribution is -2.20. The van der Waals surface area contributed by atoms with E-state index in [1.54, 1.807) is 7.11 Å². The molecule has 0 radical (unpaired) electrons. The zero-order valence-corrected chi connectivity index (χ0v) is 17.9. The normalized spacial score (nSPS) is 20.5. The molecule has 3 aromatic rings. The van der Waals surface area contributed by atoms with E-state index in [4.69, 9.17) is 9.47 Å². The van der Waals surface area contributed by atoms with Gasteiger partial charge in [-0.2, -0.15) is 0 Å². The zero-order valence-electron chi connectivity index (χ0n) is 15.8. The average molecular weight is 483 g/mol. The maximum atomic E-state index is 6.34. The second kappa shape index (κ2) is 7.41. The summed E-state index contributed by atoms with van der Waals surface area (Å²) >= 11 is 2.40. The number of likely N-dealkylation sites (tertiary alicyclic amines) is 1. The van der Waals surface area contributed by atoms with Crippen molar-refractivity contribution in [3.05, 3.63) is 87.0 Å². The van der Waals surface area contributed by atoms with Gasteiger partial charge in [0.2, 0.25) is 0 Å². The number of para-hydroxylation sites is 2. The van der Waals surface area contributed by atoms with Crippen LogP contribution in [-0.2, 0) is 6.54 Å². The first-order valence-electron chi connectivity index (χ1n) is 9.63. The molecule has 0 bridgehead atoms. The van der Waals surface area contributed by atoms with Crippen LogP contribution < -0.4 is 9.47 Å². The molecule has 0 N–H and O–H groups in total. The van der Waals surface area contributed by atoms with Crippen molar-refractivity contribution in [1.82, 2.24) is 4.90 Å². The monoisotopic (exact) mass is 483 g/mol. The van der Waals surface area contributed by atoms with Crippen molar-refractivity contribution in [2.45, 2.75) is 18.4 Å². The van der Waals surface area contributed by atoms with E-state index in [0.29, 0.717) is 11.8 Å². The molecule has 1 fully saturated rings. The number of halogens is 1. The lowest BCUT2D eigenvalue weighted by molar-refractivity contribution is 0.312. The van der Waals surface area contributed by atoms with Crippen LogP contribution in [0.3, 0.4) is 0 Å². The molecular formula is C24H22INO2. The Morgan fingerprint density at radius 2 is 1.64 bits per heavy atom. The first-order chi connectivity index (χ1) is 13.7. The fourth-order valence-corrected chi connectivity index (χ4v) is 5.13. The van der Waals surface area contributed by atoms with E-state index < -0.39 is 0 Å². The van der Waals surface area contributed by atoms with Gasteiger partial charge in [0, 0.05) is 46.2 Å². The fourth-order valence-electron chi connectivity index (χ4n) is 4.62. The molecule has 2 heterocycles. The van der Waals surface area contributed by atoms with Crippen LogP contribution in [0.15, 0.2) is 66.7 Å². The Morgan fingerprint density at radius 1 is 0.929 bits per heavy atom. The maximum Gasteiger partial charge on any atom is 0.131 e. The quantitative estimate of drug-likeness (QED) is 0.441. The van der Waals surface area contributed by atoms with E-state index in [1.807, 2.05) is 12.1 Å². The van der Waals surface area contributed by atoms with Gasteiger partial charge in [-0.05, 0) is 58.5 Å². The molecule has 0 aliphatic carbocycles. The Labute approximate surface area is 179 Å². The molecule has 2 aliphatic rings. The minimum Gasteiger partial charge on any atom is -0.496 e. The summed E-state index contributed by atoms with van der Waals surface area (Å²) in [5, 5.41) is 0. The number of nitrogens with zero attached hydrogens (tertiary/aromatic N) is 1. The van der Waals surface area contributed by atoms with E-state index in [1.165, 1.54) is 20.3 Å². The van der Waals surface area contributed by atoms with Crippen molar-refractivity contribution >= 4 is 22.6 Å². The fraction of sp³-hybridized carbons (Fsp3) is 0.250. The van der Waals surface area contributed by atoms with Crippen LogP contribution >= 0.6 is 22.6 Å². The second-order valence-electron chi connectivity index (χ2n) is 7.54. The first kappa shape index (κ1) is 18.0. The summed E-state index contributed by atoms with van der Waals surface area (Å²) in [4.78, 5) is 2.55. The third-order valence-electron chi connectivity index (χ3n) is 5.89. The summed E-state index contributed by atoms with van der Waals surface area (Å²) in [6.45, 7) is 2.95. The molecule has 3 aromatic carbocycles. The number of fused-ring (bicyclic) bond motifs is 5. The Morgan fingerprint density at radius 3 is 2.50 bits per heavy atom.